The fraction of sp³-hybridized carbons (Fsp3) is 0.700. The molecule has 26 heavy (non-hydrogen) atoms. The Hall–Kier alpha value is -1.98. The average Bonchev–Trinajstić information content (AvgIpc) is 2.99. The summed E-state index contributed by atoms with van der Waals surface area (Å²) in [5, 5.41) is 31.3. The number of piperidine rings is 1. The summed E-state index contributed by atoms with van der Waals surface area (Å²) in [6.07, 6.45) is 11.2. The van der Waals surface area contributed by atoms with Gasteiger partial charge in [0.25, 0.3) is 0 Å². The fourth-order valence-corrected chi connectivity index (χ4v) is 2.80. The van der Waals surface area contributed by atoms with Crippen LogP contribution in [0.5, 0.6) is 0 Å². The summed E-state index contributed by atoms with van der Waals surface area (Å²) in [5.41, 5.74) is 0. The monoisotopic (exact) mass is 366 g/mol. The van der Waals surface area contributed by atoms with E-state index in [1.807, 2.05) is 14.1 Å². The molecule has 2 aliphatic rings. The van der Waals surface area contributed by atoms with Gasteiger partial charge in [-0.25, -0.2) is 0 Å². The molecule has 6 heteroatoms. The lowest BCUT2D eigenvalue weighted by molar-refractivity contribution is -0.304. The normalized spacial score (nSPS) is 18.6. The molecule has 0 spiro atoms. The van der Waals surface area contributed by atoms with Crippen molar-refractivity contribution in [3.8, 4) is 0 Å². The molecule has 0 radical (unpaired) electrons. The number of hydrogen-bond acceptors (Lipinski definition) is 6. The number of nitrogens with zero attached hydrogens (tertiary/aromatic N) is 3. The molecule has 0 unspecified atom stereocenters. The van der Waals surface area contributed by atoms with Crippen molar-refractivity contribution in [3.63, 3.8) is 0 Å². The molecule has 2 rings (SSSR count). The fourth-order valence-electron chi connectivity index (χ4n) is 2.80. The van der Waals surface area contributed by atoms with Crippen molar-refractivity contribution < 1.29 is 15.3 Å². The molecule has 0 atom stereocenters. The summed E-state index contributed by atoms with van der Waals surface area (Å²) < 4.78 is 0. The predicted octanol–water partition coefficient (Wildman–Crippen LogP) is 0.767. The van der Waals surface area contributed by atoms with Gasteiger partial charge in [-0.1, -0.05) is 20.8 Å². The smallest absolute Gasteiger partial charge is 0.0172 e. The van der Waals surface area contributed by atoms with Crippen molar-refractivity contribution in [3.05, 3.63) is 35.9 Å². The maximum absolute atomic E-state index is 10.6. The summed E-state index contributed by atoms with van der Waals surface area (Å²) in [7, 11) is 3.64. The molecule has 0 amide bonds. The summed E-state index contributed by atoms with van der Waals surface area (Å²) in [6.45, 7) is 9.01. The molecule has 152 valence electrons. The van der Waals surface area contributed by atoms with Crippen LogP contribution in [0.3, 0.4) is 0 Å². The Balaban J connectivity index is 0.000000368. The quantitative estimate of drug-likeness (QED) is 0.687. The Bertz CT molecular complexity index is 435. The Morgan fingerprint density at radius 1 is 0.654 bits per heavy atom. The Morgan fingerprint density at radius 3 is 1.23 bits per heavy atom. The zero-order chi connectivity index (χ0) is 19.9. The minimum atomic E-state index is 0.0880. The van der Waals surface area contributed by atoms with E-state index >= 15 is 0 Å². The van der Waals surface area contributed by atoms with Crippen LogP contribution in [-0.2, 0) is 0 Å². The first-order chi connectivity index (χ1) is 12.2. The SMILES string of the molecule is C/C([O-])=C/N(C)C.C/C([O-])=C/N1CCCC1.C/C([O-])=C/N1CCCCC1. The third-order valence-electron chi connectivity index (χ3n) is 3.70. The van der Waals surface area contributed by atoms with Gasteiger partial charge in [-0.2, -0.15) is 0 Å². The van der Waals surface area contributed by atoms with E-state index in [0.717, 1.165) is 26.2 Å². The van der Waals surface area contributed by atoms with E-state index in [-0.39, 0.29) is 17.3 Å². The summed E-state index contributed by atoms with van der Waals surface area (Å²) >= 11 is 0. The minimum Gasteiger partial charge on any atom is -0.875 e. The van der Waals surface area contributed by atoms with E-state index in [9.17, 15) is 15.3 Å². The zero-order valence-electron chi connectivity index (χ0n) is 17.2. The van der Waals surface area contributed by atoms with Gasteiger partial charge in [-0.05, 0) is 50.7 Å². The second kappa shape index (κ2) is 14.2. The van der Waals surface area contributed by atoms with Crippen molar-refractivity contribution in [2.24, 2.45) is 0 Å². The van der Waals surface area contributed by atoms with Gasteiger partial charge in [-0.15, -0.1) is 17.3 Å². The van der Waals surface area contributed by atoms with Gasteiger partial charge in [-0.3, -0.25) is 0 Å². The highest BCUT2D eigenvalue weighted by atomic mass is 16.3. The molecule has 6 nitrogen and oxygen atoms in total. The van der Waals surface area contributed by atoms with E-state index < -0.39 is 0 Å². The predicted molar refractivity (Wildman–Crippen MR) is 101 cm³/mol. The molecule has 0 saturated carbocycles. The van der Waals surface area contributed by atoms with Crippen molar-refractivity contribution in [2.45, 2.75) is 52.9 Å². The molecule has 2 fully saturated rings. The number of rotatable bonds is 3. The lowest BCUT2D eigenvalue weighted by Crippen LogP contribution is -2.25. The van der Waals surface area contributed by atoms with E-state index in [1.54, 1.807) is 31.1 Å². The second-order valence-corrected chi connectivity index (χ2v) is 7.02. The Morgan fingerprint density at radius 2 is 1.00 bits per heavy atom. The summed E-state index contributed by atoms with van der Waals surface area (Å²) in [4.78, 5) is 5.93. The maximum Gasteiger partial charge on any atom is 0.0172 e. The van der Waals surface area contributed by atoms with Crippen LogP contribution in [0.4, 0.5) is 0 Å². The standard InChI is InChI=1S/C8H15NO.C7H13NO.C5H11NO/c1-8(10)7-9-5-3-2-4-6-9;1-7(9)6-8-4-2-3-5-8;1-5(7)4-6(2)3/h7,10H,2-6H2,1H3;6,9H,2-5H2,1H3;4,7H,1-3H3/p-3/b8-7-;7-6-;5-4-. The minimum absolute atomic E-state index is 0.0880. The molecule has 0 aromatic heterocycles. The third kappa shape index (κ3) is 15.5. The lowest BCUT2D eigenvalue weighted by Gasteiger charge is -2.26. The molecule has 0 N–H and O–H groups in total. The molecule has 0 aromatic rings. The molecular formula is C20H36N3O3-3. The molecule has 2 aliphatic heterocycles. The lowest BCUT2D eigenvalue weighted by atomic mass is 10.1. The van der Waals surface area contributed by atoms with Crippen LogP contribution in [0.2, 0.25) is 0 Å². The molecule has 0 bridgehead atoms. The van der Waals surface area contributed by atoms with Gasteiger partial charge in [0.15, 0.2) is 0 Å². The van der Waals surface area contributed by atoms with Crippen LogP contribution in [0.25, 0.3) is 0 Å². The maximum atomic E-state index is 10.6. The zero-order valence-corrected chi connectivity index (χ0v) is 17.2. The Labute approximate surface area is 159 Å². The van der Waals surface area contributed by atoms with Gasteiger partial charge >= 0.3 is 0 Å². The van der Waals surface area contributed by atoms with Crippen LogP contribution >= 0.6 is 0 Å². The summed E-state index contributed by atoms with van der Waals surface area (Å²) in [6, 6.07) is 0. The molecule has 2 heterocycles. The molecule has 2 saturated heterocycles. The van der Waals surface area contributed by atoms with Gasteiger partial charge in [0, 0.05) is 40.3 Å². The van der Waals surface area contributed by atoms with Gasteiger partial charge in [0.2, 0.25) is 0 Å². The van der Waals surface area contributed by atoms with Crippen LogP contribution in [0.15, 0.2) is 35.9 Å². The van der Waals surface area contributed by atoms with E-state index in [4.69, 9.17) is 0 Å². The molecule has 0 aromatic carbocycles. The van der Waals surface area contributed by atoms with E-state index in [2.05, 4.69) is 9.80 Å². The molecule has 0 aliphatic carbocycles. The van der Waals surface area contributed by atoms with E-state index in [1.165, 1.54) is 45.2 Å². The highest BCUT2D eigenvalue weighted by Gasteiger charge is 2.05. The highest BCUT2D eigenvalue weighted by Crippen LogP contribution is 2.09. The van der Waals surface area contributed by atoms with Crippen molar-refractivity contribution in [1.29, 1.82) is 0 Å². The largest absolute Gasteiger partial charge is 0.875 e. The first-order valence-corrected chi connectivity index (χ1v) is 9.41. The Kier molecular flexibility index (Phi) is 13.1. The number of likely N-dealkylation sites (tertiary alicyclic amines) is 2. The van der Waals surface area contributed by atoms with Crippen LogP contribution < -0.4 is 15.3 Å². The number of allylic oxidation sites excluding steroid dienone is 3. The molecular weight excluding hydrogens is 330 g/mol. The van der Waals surface area contributed by atoms with Gasteiger partial charge in [0.1, 0.15) is 0 Å². The first-order valence-electron chi connectivity index (χ1n) is 9.41. The third-order valence-corrected chi connectivity index (χ3v) is 3.70. The van der Waals surface area contributed by atoms with Gasteiger partial charge in [0.05, 0.1) is 0 Å². The number of hydrogen-bond donors (Lipinski definition) is 0. The van der Waals surface area contributed by atoms with E-state index in [0.29, 0.717) is 0 Å². The first kappa shape index (κ1) is 24.0. The van der Waals surface area contributed by atoms with Crippen molar-refractivity contribution in [2.75, 3.05) is 40.3 Å². The summed E-state index contributed by atoms with van der Waals surface area (Å²) in [5.74, 6) is 0.420. The van der Waals surface area contributed by atoms with Gasteiger partial charge < -0.3 is 30.0 Å². The van der Waals surface area contributed by atoms with Crippen molar-refractivity contribution in [1.82, 2.24) is 14.7 Å². The van der Waals surface area contributed by atoms with Crippen LogP contribution in [0, 0.1) is 0 Å². The van der Waals surface area contributed by atoms with Crippen LogP contribution in [-0.4, -0.2) is 55.0 Å². The average molecular weight is 367 g/mol. The van der Waals surface area contributed by atoms with Crippen molar-refractivity contribution >= 4 is 0 Å². The highest BCUT2D eigenvalue weighted by molar-refractivity contribution is 4.87. The topological polar surface area (TPSA) is 78.9 Å². The van der Waals surface area contributed by atoms with Crippen LogP contribution in [0.1, 0.15) is 52.9 Å². The second-order valence-electron chi connectivity index (χ2n) is 7.02.